The van der Waals surface area contributed by atoms with Crippen LogP contribution in [0.15, 0.2) is 24.3 Å². The molecule has 2 N–H and O–H groups in total. The molecule has 0 radical (unpaired) electrons. The lowest BCUT2D eigenvalue weighted by Crippen LogP contribution is -2.19. The predicted octanol–water partition coefficient (Wildman–Crippen LogP) is 2.24. The molecule has 0 unspecified atom stereocenters. The van der Waals surface area contributed by atoms with E-state index in [2.05, 4.69) is 5.32 Å². The number of amides is 1. The molecular formula is C12H11NO3S. The summed E-state index contributed by atoms with van der Waals surface area (Å²) in [6.07, 6.45) is 0. The van der Waals surface area contributed by atoms with Crippen LogP contribution in [0.1, 0.15) is 22.2 Å². The van der Waals surface area contributed by atoms with Gasteiger partial charge in [0.2, 0.25) is 5.91 Å². The Balaban J connectivity index is 2.51. The molecule has 2 rings (SSSR count). The highest BCUT2D eigenvalue weighted by Gasteiger charge is 2.17. The van der Waals surface area contributed by atoms with Gasteiger partial charge in [0.25, 0.3) is 0 Å². The van der Waals surface area contributed by atoms with Crippen molar-refractivity contribution in [1.29, 1.82) is 0 Å². The molecule has 0 fully saturated rings. The fraction of sp³-hybridized carbons (Fsp3) is 0.167. The Kier molecular flexibility index (Phi) is 3.10. The van der Waals surface area contributed by atoms with E-state index in [4.69, 9.17) is 5.11 Å². The summed E-state index contributed by atoms with van der Waals surface area (Å²) < 4.78 is 0.922. The van der Waals surface area contributed by atoms with Crippen molar-refractivity contribution in [2.24, 2.45) is 0 Å². The van der Waals surface area contributed by atoms with Gasteiger partial charge in [-0.1, -0.05) is 18.2 Å². The summed E-state index contributed by atoms with van der Waals surface area (Å²) in [6.45, 7) is 1.66. The number of hydrogen-bond acceptors (Lipinski definition) is 3. The summed E-state index contributed by atoms with van der Waals surface area (Å²) in [4.78, 5) is 22.3. The van der Waals surface area contributed by atoms with Gasteiger partial charge in [0, 0.05) is 23.7 Å². The highest BCUT2D eigenvalue weighted by Crippen LogP contribution is 2.31. The molecule has 0 atom stereocenters. The standard InChI is InChI=1S/C12H11NO3S/c1-7(14)13-6-9-8-4-2-3-5-10(8)17-11(9)12(15)16/h2-5H,6H2,1H3,(H,13,14)(H,15,16). The number of fused-ring (bicyclic) bond motifs is 1. The largest absolute Gasteiger partial charge is 0.477 e. The smallest absolute Gasteiger partial charge is 0.346 e. The maximum atomic E-state index is 11.1. The summed E-state index contributed by atoms with van der Waals surface area (Å²) in [7, 11) is 0. The van der Waals surface area contributed by atoms with Gasteiger partial charge < -0.3 is 10.4 Å². The molecule has 0 saturated heterocycles. The molecule has 0 aliphatic heterocycles. The minimum absolute atomic E-state index is 0.170. The van der Waals surface area contributed by atoms with E-state index in [1.807, 2.05) is 24.3 Å². The first kappa shape index (κ1) is 11.6. The molecule has 17 heavy (non-hydrogen) atoms. The van der Waals surface area contributed by atoms with Crippen LogP contribution in [0.4, 0.5) is 0 Å². The van der Waals surface area contributed by atoms with Crippen LogP contribution in [0.3, 0.4) is 0 Å². The van der Waals surface area contributed by atoms with Gasteiger partial charge in [0.05, 0.1) is 0 Å². The van der Waals surface area contributed by atoms with Crippen LogP contribution in [0.5, 0.6) is 0 Å². The van der Waals surface area contributed by atoms with Crippen molar-refractivity contribution in [2.45, 2.75) is 13.5 Å². The van der Waals surface area contributed by atoms with Gasteiger partial charge >= 0.3 is 5.97 Å². The number of carbonyl (C=O) groups is 2. The third kappa shape index (κ3) is 2.29. The Bertz CT molecular complexity index is 588. The zero-order chi connectivity index (χ0) is 12.4. The van der Waals surface area contributed by atoms with E-state index in [0.717, 1.165) is 10.1 Å². The predicted molar refractivity (Wildman–Crippen MR) is 66.3 cm³/mol. The van der Waals surface area contributed by atoms with E-state index in [0.29, 0.717) is 10.4 Å². The number of carbonyl (C=O) groups excluding carboxylic acids is 1. The zero-order valence-electron chi connectivity index (χ0n) is 9.19. The highest BCUT2D eigenvalue weighted by molar-refractivity contribution is 7.21. The summed E-state index contributed by atoms with van der Waals surface area (Å²) in [5.74, 6) is -1.12. The fourth-order valence-electron chi connectivity index (χ4n) is 1.66. The molecule has 88 valence electrons. The first-order valence-corrected chi connectivity index (χ1v) is 5.89. The number of hydrogen-bond donors (Lipinski definition) is 2. The van der Waals surface area contributed by atoms with Gasteiger partial charge in [-0.15, -0.1) is 11.3 Å². The quantitative estimate of drug-likeness (QED) is 0.876. The second-order valence-electron chi connectivity index (χ2n) is 3.62. The van der Waals surface area contributed by atoms with Gasteiger partial charge in [-0.2, -0.15) is 0 Å². The molecular weight excluding hydrogens is 238 g/mol. The van der Waals surface area contributed by atoms with Crippen LogP contribution < -0.4 is 5.32 Å². The molecule has 1 aromatic carbocycles. The summed E-state index contributed by atoms with van der Waals surface area (Å²) in [5, 5.41) is 12.7. The number of carboxylic acid groups (broad SMARTS) is 1. The molecule has 1 heterocycles. The molecule has 2 aromatic rings. The monoisotopic (exact) mass is 249 g/mol. The molecule has 0 spiro atoms. The highest BCUT2D eigenvalue weighted by atomic mass is 32.1. The summed E-state index contributed by atoms with van der Waals surface area (Å²) >= 11 is 1.23. The fourth-order valence-corrected chi connectivity index (χ4v) is 2.72. The van der Waals surface area contributed by atoms with E-state index in [9.17, 15) is 9.59 Å². The van der Waals surface area contributed by atoms with Gasteiger partial charge in [0.1, 0.15) is 4.88 Å². The van der Waals surface area contributed by atoms with Crippen molar-refractivity contribution in [3.8, 4) is 0 Å². The average Bonchev–Trinajstić information content (AvgIpc) is 2.65. The van der Waals surface area contributed by atoms with E-state index in [1.165, 1.54) is 18.3 Å². The summed E-state index contributed by atoms with van der Waals surface area (Å²) in [5.41, 5.74) is 0.674. The van der Waals surface area contributed by atoms with Crippen molar-refractivity contribution in [2.75, 3.05) is 0 Å². The lowest BCUT2D eigenvalue weighted by molar-refractivity contribution is -0.119. The average molecular weight is 249 g/mol. The van der Waals surface area contributed by atoms with Crippen LogP contribution in [-0.2, 0) is 11.3 Å². The lowest BCUT2D eigenvalue weighted by atomic mass is 10.1. The van der Waals surface area contributed by atoms with Crippen LogP contribution >= 0.6 is 11.3 Å². The van der Waals surface area contributed by atoms with E-state index in [1.54, 1.807) is 0 Å². The molecule has 1 amide bonds. The van der Waals surface area contributed by atoms with Crippen molar-refractivity contribution >= 4 is 33.3 Å². The molecule has 4 nitrogen and oxygen atoms in total. The van der Waals surface area contributed by atoms with Crippen molar-refractivity contribution in [1.82, 2.24) is 5.32 Å². The Morgan fingerprint density at radius 1 is 1.35 bits per heavy atom. The minimum Gasteiger partial charge on any atom is -0.477 e. The maximum absolute atomic E-state index is 11.1. The third-order valence-electron chi connectivity index (χ3n) is 2.41. The van der Waals surface area contributed by atoms with Gasteiger partial charge in [-0.3, -0.25) is 4.79 Å². The van der Waals surface area contributed by atoms with E-state index < -0.39 is 5.97 Å². The second kappa shape index (κ2) is 4.55. The van der Waals surface area contributed by atoms with Gasteiger partial charge in [-0.05, 0) is 11.5 Å². The van der Waals surface area contributed by atoms with Crippen LogP contribution in [0, 0.1) is 0 Å². The molecule has 5 heteroatoms. The number of rotatable bonds is 3. The SMILES string of the molecule is CC(=O)NCc1c(C(=O)O)sc2ccccc12. The van der Waals surface area contributed by atoms with Crippen LogP contribution in [0.2, 0.25) is 0 Å². The number of aromatic carboxylic acids is 1. The number of nitrogens with one attached hydrogen (secondary N) is 1. The van der Waals surface area contributed by atoms with Crippen molar-refractivity contribution < 1.29 is 14.7 Å². The van der Waals surface area contributed by atoms with Gasteiger partial charge in [-0.25, -0.2) is 4.79 Å². The first-order chi connectivity index (χ1) is 8.09. The van der Waals surface area contributed by atoms with E-state index in [-0.39, 0.29) is 12.5 Å². The molecule has 1 aromatic heterocycles. The van der Waals surface area contributed by atoms with Crippen molar-refractivity contribution in [3.63, 3.8) is 0 Å². The van der Waals surface area contributed by atoms with Crippen molar-refractivity contribution in [3.05, 3.63) is 34.7 Å². The van der Waals surface area contributed by atoms with E-state index >= 15 is 0 Å². The molecule has 0 saturated carbocycles. The Morgan fingerprint density at radius 2 is 2.06 bits per heavy atom. The number of carboxylic acids is 1. The zero-order valence-corrected chi connectivity index (χ0v) is 10.0. The lowest BCUT2D eigenvalue weighted by Gasteiger charge is -2.02. The first-order valence-electron chi connectivity index (χ1n) is 5.07. The molecule has 0 aliphatic rings. The Labute approximate surface area is 102 Å². The third-order valence-corrected chi connectivity index (χ3v) is 3.61. The molecule has 0 aliphatic carbocycles. The second-order valence-corrected chi connectivity index (χ2v) is 4.67. The number of thiophene rings is 1. The Hall–Kier alpha value is -1.88. The Morgan fingerprint density at radius 3 is 2.71 bits per heavy atom. The molecule has 0 bridgehead atoms. The maximum Gasteiger partial charge on any atom is 0.346 e. The van der Waals surface area contributed by atoms with Crippen LogP contribution in [-0.4, -0.2) is 17.0 Å². The van der Waals surface area contributed by atoms with Gasteiger partial charge in [0.15, 0.2) is 0 Å². The summed E-state index contributed by atoms with van der Waals surface area (Å²) in [6, 6.07) is 7.48. The normalized spacial score (nSPS) is 10.4. The number of benzene rings is 1. The van der Waals surface area contributed by atoms with Crippen LogP contribution in [0.25, 0.3) is 10.1 Å². The topological polar surface area (TPSA) is 66.4 Å². The minimum atomic E-state index is -0.952.